The number of carbonyl (C=O) groups is 2. The predicted octanol–water partition coefficient (Wildman–Crippen LogP) is 4.14. The zero-order valence-corrected chi connectivity index (χ0v) is 17.8. The number of carbonyl (C=O) groups excluding carboxylic acids is 2. The van der Waals surface area contributed by atoms with Crippen molar-refractivity contribution in [1.29, 1.82) is 0 Å². The van der Waals surface area contributed by atoms with Gasteiger partial charge >= 0.3 is 0 Å². The Morgan fingerprint density at radius 1 is 0.828 bits per heavy atom. The molecule has 2 amide bonds. The number of para-hydroxylation sites is 2. The molecule has 2 aromatic carbocycles. The number of nitrogens with zero attached hydrogens (tertiary/aromatic N) is 1. The summed E-state index contributed by atoms with van der Waals surface area (Å²) in [7, 11) is 4.59. The van der Waals surface area contributed by atoms with Crippen molar-refractivity contribution >= 4 is 34.8 Å². The summed E-state index contributed by atoms with van der Waals surface area (Å²) in [5.74, 6) is 0.741. The van der Waals surface area contributed by atoms with Crippen LogP contribution in [-0.4, -0.2) is 38.4 Å². The highest BCUT2D eigenvalue weighted by Crippen LogP contribution is 2.43. The van der Waals surface area contributed by atoms with Gasteiger partial charge in [-0.3, -0.25) is 9.59 Å². The van der Waals surface area contributed by atoms with E-state index >= 15 is 0 Å². The van der Waals surface area contributed by atoms with E-state index in [2.05, 4.69) is 0 Å². The van der Waals surface area contributed by atoms with Crippen molar-refractivity contribution in [2.45, 2.75) is 19.1 Å². The summed E-state index contributed by atoms with van der Waals surface area (Å²) in [4.78, 5) is 28.3. The number of anilines is 1. The van der Waals surface area contributed by atoms with Crippen LogP contribution in [0.4, 0.5) is 5.69 Å². The van der Waals surface area contributed by atoms with Gasteiger partial charge in [-0.2, -0.15) is 0 Å². The molecule has 1 heterocycles. The van der Waals surface area contributed by atoms with E-state index in [1.165, 1.54) is 30.9 Å². The van der Waals surface area contributed by atoms with E-state index in [0.717, 1.165) is 0 Å². The van der Waals surface area contributed by atoms with Crippen molar-refractivity contribution in [2.75, 3.05) is 26.2 Å². The fourth-order valence-electron chi connectivity index (χ4n) is 3.13. The quantitative estimate of drug-likeness (QED) is 0.636. The predicted molar refractivity (Wildman–Crippen MR) is 115 cm³/mol. The number of benzene rings is 2. The fourth-order valence-corrected chi connectivity index (χ4v) is 4.12. The van der Waals surface area contributed by atoms with E-state index in [1.54, 1.807) is 49.6 Å². The Bertz CT molecular complexity index is 983. The molecule has 1 aliphatic rings. The third-order valence-electron chi connectivity index (χ3n) is 4.39. The number of amides is 2. The highest BCUT2D eigenvalue weighted by atomic mass is 32.2. The molecular weight excluding hydrogens is 390 g/mol. The molecule has 2 aromatic rings. The second-order valence-corrected chi connectivity index (χ2v) is 8.14. The third-order valence-corrected chi connectivity index (χ3v) is 5.48. The third kappa shape index (κ3) is 3.82. The molecule has 0 aromatic heterocycles. The number of imide groups is 1. The van der Waals surface area contributed by atoms with Gasteiger partial charge in [-0.15, -0.1) is 11.8 Å². The van der Waals surface area contributed by atoms with Crippen molar-refractivity contribution in [2.24, 2.45) is 0 Å². The molecule has 6 nitrogen and oxygen atoms in total. The summed E-state index contributed by atoms with van der Waals surface area (Å²) < 4.78 is 16.0. The molecule has 1 aliphatic heterocycles. The molecule has 0 fully saturated rings. The summed E-state index contributed by atoms with van der Waals surface area (Å²) in [6, 6.07) is 12.2. The molecule has 0 spiro atoms. The van der Waals surface area contributed by atoms with Crippen LogP contribution in [0.5, 0.6) is 17.2 Å². The van der Waals surface area contributed by atoms with E-state index in [1.807, 2.05) is 13.8 Å². The lowest BCUT2D eigenvalue weighted by Crippen LogP contribution is -2.31. The van der Waals surface area contributed by atoms with Gasteiger partial charge in [0, 0.05) is 5.25 Å². The zero-order valence-electron chi connectivity index (χ0n) is 17.0. The molecule has 0 bridgehead atoms. The highest BCUT2D eigenvalue weighted by molar-refractivity contribution is 8.04. The number of thioether (sulfide) groups is 1. The molecular formula is C22H23NO5S. The Hall–Kier alpha value is -2.93. The minimum absolute atomic E-state index is 0.120. The van der Waals surface area contributed by atoms with Crippen LogP contribution in [0.15, 0.2) is 47.4 Å². The first kappa shape index (κ1) is 20.8. The van der Waals surface area contributed by atoms with Gasteiger partial charge in [-0.25, -0.2) is 4.90 Å². The van der Waals surface area contributed by atoms with Crippen molar-refractivity contribution in [1.82, 2.24) is 0 Å². The Kier molecular flexibility index (Phi) is 6.17. The molecule has 0 saturated heterocycles. The SMILES string of the molecule is COc1ccc(C2=C(SC(C)C)C(=O)N(c3ccccc3OC)C2=O)cc1OC. The van der Waals surface area contributed by atoms with Crippen LogP contribution in [0.3, 0.4) is 0 Å². The first-order valence-electron chi connectivity index (χ1n) is 9.08. The van der Waals surface area contributed by atoms with E-state index < -0.39 is 5.91 Å². The van der Waals surface area contributed by atoms with Crippen molar-refractivity contribution < 1.29 is 23.8 Å². The number of rotatable bonds is 7. The van der Waals surface area contributed by atoms with Gasteiger partial charge in [-0.1, -0.05) is 32.0 Å². The zero-order chi connectivity index (χ0) is 21.1. The van der Waals surface area contributed by atoms with Crippen molar-refractivity contribution in [3.63, 3.8) is 0 Å². The monoisotopic (exact) mass is 413 g/mol. The van der Waals surface area contributed by atoms with Gasteiger partial charge in [0.15, 0.2) is 11.5 Å². The lowest BCUT2D eigenvalue weighted by molar-refractivity contribution is -0.119. The second-order valence-electron chi connectivity index (χ2n) is 6.56. The number of methoxy groups -OCH3 is 3. The van der Waals surface area contributed by atoms with Crippen LogP contribution in [0, 0.1) is 0 Å². The molecule has 0 N–H and O–H groups in total. The standard InChI is InChI=1S/C22H23NO5S/c1-13(2)29-20-19(14-10-11-17(27-4)18(12-14)28-5)21(24)23(22(20)25)15-8-6-7-9-16(15)26-3/h6-13H,1-5H3. The molecule has 0 aliphatic carbocycles. The molecule has 7 heteroatoms. The average molecular weight is 413 g/mol. The van der Waals surface area contributed by atoms with Crippen molar-refractivity contribution in [3.05, 3.63) is 52.9 Å². The molecule has 0 saturated carbocycles. The summed E-state index contributed by atoms with van der Waals surface area (Å²) in [6.45, 7) is 3.96. The maximum atomic E-state index is 13.4. The van der Waals surface area contributed by atoms with Crippen LogP contribution in [-0.2, 0) is 9.59 Å². The largest absolute Gasteiger partial charge is 0.495 e. The van der Waals surface area contributed by atoms with Crippen LogP contribution in [0.2, 0.25) is 0 Å². The summed E-state index contributed by atoms with van der Waals surface area (Å²) in [5.41, 5.74) is 1.37. The topological polar surface area (TPSA) is 65.1 Å². The number of hydrogen-bond donors (Lipinski definition) is 0. The normalized spacial score (nSPS) is 14.1. The number of hydrogen-bond acceptors (Lipinski definition) is 6. The average Bonchev–Trinajstić information content (AvgIpc) is 2.96. The van der Waals surface area contributed by atoms with Gasteiger partial charge in [0.2, 0.25) is 0 Å². The van der Waals surface area contributed by atoms with E-state index in [-0.39, 0.29) is 11.2 Å². The first-order valence-corrected chi connectivity index (χ1v) is 9.96. The summed E-state index contributed by atoms with van der Waals surface area (Å²) in [6.07, 6.45) is 0. The minimum atomic E-state index is -0.394. The van der Waals surface area contributed by atoms with Gasteiger partial charge in [0.05, 0.1) is 37.5 Å². The lowest BCUT2D eigenvalue weighted by atomic mass is 10.1. The maximum absolute atomic E-state index is 13.4. The molecule has 0 atom stereocenters. The van der Waals surface area contributed by atoms with Crippen LogP contribution in [0.1, 0.15) is 19.4 Å². The van der Waals surface area contributed by atoms with Crippen LogP contribution in [0.25, 0.3) is 5.57 Å². The van der Waals surface area contributed by atoms with Gasteiger partial charge in [0.1, 0.15) is 5.75 Å². The van der Waals surface area contributed by atoms with Gasteiger partial charge in [0.25, 0.3) is 11.8 Å². The first-order chi connectivity index (χ1) is 13.9. The van der Waals surface area contributed by atoms with Crippen LogP contribution < -0.4 is 19.1 Å². The Balaban J connectivity index is 2.16. The van der Waals surface area contributed by atoms with Gasteiger partial charge < -0.3 is 14.2 Å². The van der Waals surface area contributed by atoms with E-state index in [0.29, 0.717) is 39.0 Å². The molecule has 0 unspecified atom stereocenters. The number of ether oxygens (including phenoxy) is 3. The van der Waals surface area contributed by atoms with E-state index in [4.69, 9.17) is 14.2 Å². The highest BCUT2D eigenvalue weighted by Gasteiger charge is 2.41. The van der Waals surface area contributed by atoms with Crippen LogP contribution >= 0.6 is 11.8 Å². The molecule has 152 valence electrons. The maximum Gasteiger partial charge on any atom is 0.272 e. The second kappa shape index (κ2) is 8.61. The van der Waals surface area contributed by atoms with E-state index in [9.17, 15) is 9.59 Å². The van der Waals surface area contributed by atoms with Crippen molar-refractivity contribution in [3.8, 4) is 17.2 Å². The Morgan fingerprint density at radius 2 is 1.48 bits per heavy atom. The Labute approximate surface area is 174 Å². The summed E-state index contributed by atoms with van der Waals surface area (Å²) in [5, 5.41) is 0.120. The lowest BCUT2D eigenvalue weighted by Gasteiger charge is -2.18. The minimum Gasteiger partial charge on any atom is -0.495 e. The molecule has 3 rings (SSSR count). The smallest absolute Gasteiger partial charge is 0.272 e. The Morgan fingerprint density at radius 3 is 2.10 bits per heavy atom. The van der Waals surface area contributed by atoms with Gasteiger partial charge in [-0.05, 0) is 29.8 Å². The molecule has 29 heavy (non-hydrogen) atoms. The fraction of sp³-hybridized carbons (Fsp3) is 0.273. The summed E-state index contributed by atoms with van der Waals surface area (Å²) >= 11 is 1.37. The molecule has 0 radical (unpaired) electrons.